The van der Waals surface area contributed by atoms with E-state index in [9.17, 15) is 0 Å². The lowest BCUT2D eigenvalue weighted by molar-refractivity contribution is 1.19. The summed E-state index contributed by atoms with van der Waals surface area (Å²) in [7, 11) is 0. The molecule has 0 amide bonds. The molecule has 1 rings (SSSR count). The van der Waals surface area contributed by atoms with Crippen LogP contribution in [0.1, 0.15) is 5.69 Å². The van der Waals surface area contributed by atoms with E-state index in [4.69, 9.17) is 11.6 Å². The quantitative estimate of drug-likeness (QED) is 0.713. The summed E-state index contributed by atoms with van der Waals surface area (Å²) in [6.07, 6.45) is 1.63. The minimum absolute atomic E-state index is 0. The van der Waals surface area contributed by atoms with Gasteiger partial charge in [-0.25, -0.2) is 0 Å². The molecule has 1 aromatic rings. The van der Waals surface area contributed by atoms with Gasteiger partial charge in [0.2, 0.25) is 0 Å². The Labute approximate surface area is 83.7 Å². The van der Waals surface area contributed by atoms with E-state index in [0.29, 0.717) is 5.02 Å². The molecule has 0 aliphatic heterocycles. The summed E-state index contributed by atoms with van der Waals surface area (Å²) in [4.78, 5) is 3.98. The van der Waals surface area contributed by atoms with Crippen molar-refractivity contribution < 1.29 is 0 Å². The number of aromatic nitrogens is 1. The molecule has 0 aromatic carbocycles. The second-order valence-electron chi connectivity index (χ2n) is 1.74. The Morgan fingerprint density at radius 1 is 1.60 bits per heavy atom. The van der Waals surface area contributed by atoms with Crippen LogP contribution in [0.4, 0.5) is 0 Å². The fourth-order valence-electron chi connectivity index (χ4n) is 0.510. The van der Waals surface area contributed by atoms with Gasteiger partial charge in [0.05, 0.1) is 5.02 Å². The molecule has 0 unspecified atom stereocenters. The van der Waals surface area contributed by atoms with Gasteiger partial charge in [-0.15, -0.1) is 17.0 Å². The van der Waals surface area contributed by atoms with Crippen molar-refractivity contribution in [2.24, 2.45) is 0 Å². The Hall–Kier alpha value is 0.400. The minimum atomic E-state index is 0. The van der Waals surface area contributed by atoms with Gasteiger partial charge < -0.3 is 0 Å². The van der Waals surface area contributed by atoms with Crippen LogP contribution in [0.2, 0.25) is 5.02 Å². The normalized spacial score (nSPS) is 8.70. The van der Waals surface area contributed by atoms with Crippen molar-refractivity contribution >= 4 is 44.5 Å². The smallest absolute Gasteiger partial charge is 0.0731 e. The van der Waals surface area contributed by atoms with Crippen molar-refractivity contribution in [1.29, 1.82) is 0 Å². The number of halogens is 3. The highest BCUT2D eigenvalue weighted by Crippen LogP contribution is 2.20. The summed E-state index contributed by atoms with van der Waals surface area (Å²) in [5.74, 6) is 0. The molecule has 0 aliphatic carbocycles. The average Bonchev–Trinajstić information content (AvgIpc) is 1.80. The predicted molar refractivity (Wildman–Crippen MR) is 52.0 cm³/mol. The highest BCUT2D eigenvalue weighted by molar-refractivity contribution is 9.10. The second-order valence-corrected chi connectivity index (χ2v) is 3.00. The molecule has 0 spiro atoms. The van der Waals surface area contributed by atoms with Crippen molar-refractivity contribution in [2.75, 3.05) is 0 Å². The van der Waals surface area contributed by atoms with Crippen molar-refractivity contribution in [1.82, 2.24) is 4.98 Å². The molecule has 0 radical (unpaired) electrons. The lowest BCUT2D eigenvalue weighted by atomic mass is 10.4. The summed E-state index contributed by atoms with van der Waals surface area (Å²) in [6, 6.07) is 1.88. The molecule has 56 valence electrons. The average molecular weight is 287 g/mol. The third-order valence-electron chi connectivity index (χ3n) is 0.945. The standard InChI is InChI=1S/C6H5BrClN.BrH/c1-4-2-5(7)6(8)3-9-4;/h2-3H,1H3;1H. The highest BCUT2D eigenvalue weighted by atomic mass is 79.9. The fourth-order valence-corrected chi connectivity index (χ4v) is 1.05. The molecule has 1 heterocycles. The topological polar surface area (TPSA) is 12.9 Å². The maximum Gasteiger partial charge on any atom is 0.0731 e. The lowest BCUT2D eigenvalue weighted by Crippen LogP contribution is -1.78. The van der Waals surface area contributed by atoms with E-state index in [0.717, 1.165) is 10.2 Å². The van der Waals surface area contributed by atoms with Gasteiger partial charge in [0.15, 0.2) is 0 Å². The van der Waals surface area contributed by atoms with Crippen LogP contribution in [-0.2, 0) is 0 Å². The molecule has 0 saturated carbocycles. The van der Waals surface area contributed by atoms with Crippen LogP contribution < -0.4 is 0 Å². The zero-order chi connectivity index (χ0) is 6.85. The number of rotatable bonds is 0. The Morgan fingerprint density at radius 2 is 2.20 bits per heavy atom. The van der Waals surface area contributed by atoms with Crippen LogP contribution in [-0.4, -0.2) is 4.98 Å². The third-order valence-corrected chi connectivity index (χ3v) is 2.13. The lowest BCUT2D eigenvalue weighted by Gasteiger charge is -1.93. The molecule has 10 heavy (non-hydrogen) atoms. The highest BCUT2D eigenvalue weighted by Gasteiger charge is 1.94. The molecule has 1 aromatic heterocycles. The maximum atomic E-state index is 5.67. The van der Waals surface area contributed by atoms with Crippen molar-refractivity contribution in [2.45, 2.75) is 6.92 Å². The Balaban J connectivity index is 0.000000810. The first-order valence-corrected chi connectivity index (χ1v) is 3.65. The zero-order valence-electron chi connectivity index (χ0n) is 5.27. The van der Waals surface area contributed by atoms with E-state index in [1.54, 1.807) is 6.20 Å². The van der Waals surface area contributed by atoms with Crippen LogP contribution in [0.5, 0.6) is 0 Å². The summed E-state index contributed by atoms with van der Waals surface area (Å²) >= 11 is 8.95. The molecule has 0 atom stereocenters. The van der Waals surface area contributed by atoms with Crippen LogP contribution in [0, 0.1) is 6.92 Å². The van der Waals surface area contributed by atoms with E-state index < -0.39 is 0 Å². The van der Waals surface area contributed by atoms with Crippen LogP contribution >= 0.6 is 44.5 Å². The second kappa shape index (κ2) is 4.31. The Kier molecular flexibility index (Phi) is 4.49. The summed E-state index contributed by atoms with van der Waals surface area (Å²) in [5.41, 5.74) is 0.964. The first-order chi connectivity index (χ1) is 4.20. The van der Waals surface area contributed by atoms with Crippen LogP contribution in [0.15, 0.2) is 16.7 Å². The van der Waals surface area contributed by atoms with Gasteiger partial charge in [0.1, 0.15) is 0 Å². The first kappa shape index (κ1) is 10.4. The molecule has 4 heteroatoms. The Morgan fingerprint density at radius 3 is 2.60 bits per heavy atom. The number of nitrogens with zero attached hydrogens (tertiary/aromatic N) is 1. The van der Waals surface area contributed by atoms with Gasteiger partial charge in [-0.3, -0.25) is 4.98 Å². The van der Waals surface area contributed by atoms with Gasteiger partial charge in [-0.05, 0) is 28.9 Å². The van der Waals surface area contributed by atoms with Gasteiger partial charge in [0.25, 0.3) is 0 Å². The van der Waals surface area contributed by atoms with Gasteiger partial charge in [0, 0.05) is 16.4 Å². The fraction of sp³-hybridized carbons (Fsp3) is 0.167. The summed E-state index contributed by atoms with van der Waals surface area (Å²) in [6.45, 7) is 1.92. The van der Waals surface area contributed by atoms with Crippen molar-refractivity contribution in [3.05, 3.63) is 27.5 Å². The van der Waals surface area contributed by atoms with Gasteiger partial charge in [-0.1, -0.05) is 11.6 Å². The molecule has 0 saturated heterocycles. The summed E-state index contributed by atoms with van der Waals surface area (Å²) in [5, 5.41) is 0.653. The van der Waals surface area contributed by atoms with E-state index in [1.807, 2.05) is 13.0 Å². The summed E-state index contributed by atoms with van der Waals surface area (Å²) < 4.78 is 0.900. The molecular formula is C6H6Br2ClN. The van der Waals surface area contributed by atoms with E-state index >= 15 is 0 Å². The molecule has 0 fully saturated rings. The Bertz CT molecular complexity index is 227. The van der Waals surface area contributed by atoms with Crippen molar-refractivity contribution in [3.8, 4) is 0 Å². The first-order valence-electron chi connectivity index (χ1n) is 2.48. The van der Waals surface area contributed by atoms with Crippen molar-refractivity contribution in [3.63, 3.8) is 0 Å². The number of aryl methyl sites for hydroxylation is 1. The molecular weight excluding hydrogens is 281 g/mol. The number of hydrogen-bond donors (Lipinski definition) is 0. The van der Waals surface area contributed by atoms with Gasteiger partial charge >= 0.3 is 0 Å². The predicted octanol–water partition coefficient (Wildman–Crippen LogP) is 3.38. The van der Waals surface area contributed by atoms with E-state index in [2.05, 4.69) is 20.9 Å². The molecule has 1 nitrogen and oxygen atoms in total. The maximum absolute atomic E-state index is 5.67. The monoisotopic (exact) mass is 285 g/mol. The minimum Gasteiger partial charge on any atom is -0.260 e. The molecule has 0 N–H and O–H groups in total. The molecule has 0 aliphatic rings. The third kappa shape index (κ3) is 2.56. The molecule has 0 bridgehead atoms. The van der Waals surface area contributed by atoms with E-state index in [-0.39, 0.29) is 17.0 Å². The van der Waals surface area contributed by atoms with E-state index in [1.165, 1.54) is 0 Å². The SMILES string of the molecule is Br.Cc1cc(Br)c(Cl)cn1. The largest absolute Gasteiger partial charge is 0.260 e. The number of pyridine rings is 1. The van der Waals surface area contributed by atoms with Crippen LogP contribution in [0.25, 0.3) is 0 Å². The van der Waals surface area contributed by atoms with Gasteiger partial charge in [-0.2, -0.15) is 0 Å². The zero-order valence-corrected chi connectivity index (χ0v) is 9.32. The number of hydrogen-bond acceptors (Lipinski definition) is 1. The van der Waals surface area contributed by atoms with Crippen LogP contribution in [0.3, 0.4) is 0 Å².